The summed E-state index contributed by atoms with van der Waals surface area (Å²) in [5, 5.41) is 3.91. The van der Waals surface area contributed by atoms with Crippen LogP contribution in [-0.4, -0.2) is 17.7 Å². The predicted octanol–water partition coefficient (Wildman–Crippen LogP) is 3.77. The van der Waals surface area contributed by atoms with Gasteiger partial charge in [-0.25, -0.2) is 0 Å². The van der Waals surface area contributed by atoms with Crippen molar-refractivity contribution in [2.75, 3.05) is 6.79 Å². The van der Waals surface area contributed by atoms with Crippen LogP contribution in [0.4, 0.5) is 0 Å². The molecule has 0 bridgehead atoms. The van der Waals surface area contributed by atoms with Crippen molar-refractivity contribution in [3.8, 4) is 11.5 Å². The van der Waals surface area contributed by atoms with Gasteiger partial charge in [0.1, 0.15) is 0 Å². The summed E-state index contributed by atoms with van der Waals surface area (Å²) in [6, 6.07) is 15.5. The number of pyridine rings is 1. The van der Waals surface area contributed by atoms with Gasteiger partial charge in [0.25, 0.3) is 5.91 Å². The molecule has 3 aromatic rings. The lowest BCUT2D eigenvalue weighted by atomic mass is 10.1. The maximum Gasteiger partial charge on any atom is 0.252 e. The Labute approximate surface area is 151 Å². The number of nitrogens with one attached hydrogen (secondary N) is 1. The molecule has 5 heteroatoms. The smallest absolute Gasteiger partial charge is 0.252 e. The van der Waals surface area contributed by atoms with E-state index in [2.05, 4.69) is 5.32 Å². The number of para-hydroxylation sites is 1. The van der Waals surface area contributed by atoms with Crippen LogP contribution in [0.2, 0.25) is 0 Å². The fraction of sp³-hybridized carbons (Fsp3) is 0.238. The van der Waals surface area contributed by atoms with E-state index in [1.165, 1.54) is 0 Å². The molecule has 1 saturated carbocycles. The minimum atomic E-state index is -0.0804. The Morgan fingerprint density at radius 3 is 2.81 bits per heavy atom. The highest BCUT2D eigenvalue weighted by molar-refractivity contribution is 6.06. The van der Waals surface area contributed by atoms with Gasteiger partial charge in [-0.3, -0.25) is 9.78 Å². The van der Waals surface area contributed by atoms with Gasteiger partial charge in [0.05, 0.1) is 11.1 Å². The number of aromatic nitrogens is 1. The molecule has 1 fully saturated rings. The third-order valence-corrected chi connectivity index (χ3v) is 4.87. The van der Waals surface area contributed by atoms with Crippen molar-refractivity contribution in [2.45, 2.75) is 25.3 Å². The summed E-state index contributed by atoms with van der Waals surface area (Å²) in [4.78, 5) is 17.6. The lowest BCUT2D eigenvalue weighted by Crippen LogP contribution is -2.23. The average molecular weight is 346 g/mol. The van der Waals surface area contributed by atoms with E-state index in [0.717, 1.165) is 46.5 Å². The molecule has 0 atom stereocenters. The highest BCUT2D eigenvalue weighted by Crippen LogP contribution is 2.40. The molecule has 1 aromatic heterocycles. The van der Waals surface area contributed by atoms with E-state index >= 15 is 0 Å². The average Bonchev–Trinajstić information content (AvgIpc) is 3.43. The molecule has 0 unspecified atom stereocenters. The van der Waals surface area contributed by atoms with Crippen molar-refractivity contribution in [2.24, 2.45) is 0 Å². The molecule has 2 aromatic carbocycles. The van der Waals surface area contributed by atoms with Crippen molar-refractivity contribution >= 4 is 16.8 Å². The first-order valence-corrected chi connectivity index (χ1v) is 8.84. The summed E-state index contributed by atoms with van der Waals surface area (Å²) in [5.74, 6) is 1.89. The van der Waals surface area contributed by atoms with Gasteiger partial charge in [0, 0.05) is 23.5 Å². The maximum atomic E-state index is 12.9. The Kier molecular flexibility index (Phi) is 3.52. The molecule has 130 valence electrons. The summed E-state index contributed by atoms with van der Waals surface area (Å²) in [5.41, 5.74) is 3.57. The zero-order chi connectivity index (χ0) is 17.5. The number of hydrogen-bond donors (Lipinski definition) is 1. The van der Waals surface area contributed by atoms with E-state index < -0.39 is 0 Å². The molecule has 5 rings (SSSR count). The fourth-order valence-corrected chi connectivity index (χ4v) is 3.30. The Morgan fingerprint density at radius 2 is 1.92 bits per heavy atom. The van der Waals surface area contributed by atoms with Crippen LogP contribution in [0.25, 0.3) is 10.9 Å². The minimum absolute atomic E-state index is 0.0804. The molecule has 1 amide bonds. The highest BCUT2D eigenvalue weighted by Gasteiger charge is 2.27. The molecule has 0 spiro atoms. The van der Waals surface area contributed by atoms with Crippen molar-refractivity contribution in [1.29, 1.82) is 0 Å². The van der Waals surface area contributed by atoms with Crippen LogP contribution in [0, 0.1) is 0 Å². The normalized spacial score (nSPS) is 15.2. The van der Waals surface area contributed by atoms with Gasteiger partial charge in [-0.15, -0.1) is 0 Å². The summed E-state index contributed by atoms with van der Waals surface area (Å²) < 4.78 is 10.7. The largest absolute Gasteiger partial charge is 0.454 e. The summed E-state index contributed by atoms with van der Waals surface area (Å²) in [6.45, 7) is 0.684. The van der Waals surface area contributed by atoms with E-state index in [1.54, 1.807) is 0 Å². The number of nitrogens with zero attached hydrogens (tertiary/aromatic N) is 1. The first kappa shape index (κ1) is 15.2. The predicted molar refractivity (Wildman–Crippen MR) is 97.5 cm³/mol. The van der Waals surface area contributed by atoms with E-state index in [-0.39, 0.29) is 12.7 Å². The van der Waals surface area contributed by atoms with Gasteiger partial charge in [-0.1, -0.05) is 24.3 Å². The van der Waals surface area contributed by atoms with Gasteiger partial charge >= 0.3 is 0 Å². The zero-order valence-corrected chi connectivity index (χ0v) is 14.2. The first-order chi connectivity index (χ1) is 12.8. The second-order valence-electron chi connectivity index (χ2n) is 6.76. The number of carbonyl (C=O) groups is 1. The fourth-order valence-electron chi connectivity index (χ4n) is 3.30. The van der Waals surface area contributed by atoms with Crippen molar-refractivity contribution in [3.63, 3.8) is 0 Å². The molecular weight excluding hydrogens is 328 g/mol. The maximum absolute atomic E-state index is 12.9. The minimum Gasteiger partial charge on any atom is -0.454 e. The monoisotopic (exact) mass is 346 g/mol. The number of rotatable bonds is 4. The quantitative estimate of drug-likeness (QED) is 0.781. The number of benzene rings is 2. The Balaban J connectivity index is 1.41. The number of hydrogen-bond acceptors (Lipinski definition) is 4. The third-order valence-electron chi connectivity index (χ3n) is 4.87. The zero-order valence-electron chi connectivity index (χ0n) is 14.2. The number of fused-ring (bicyclic) bond motifs is 2. The molecular formula is C21H18N2O3. The number of amides is 1. The Morgan fingerprint density at radius 1 is 1.08 bits per heavy atom. The summed E-state index contributed by atoms with van der Waals surface area (Å²) >= 11 is 0. The van der Waals surface area contributed by atoms with Crippen LogP contribution in [-0.2, 0) is 6.54 Å². The second-order valence-corrected chi connectivity index (χ2v) is 6.76. The molecule has 2 aliphatic rings. The topological polar surface area (TPSA) is 60.5 Å². The summed E-state index contributed by atoms with van der Waals surface area (Å²) in [6.07, 6.45) is 2.31. The van der Waals surface area contributed by atoms with E-state index in [0.29, 0.717) is 18.0 Å². The van der Waals surface area contributed by atoms with Crippen LogP contribution < -0.4 is 14.8 Å². The molecule has 5 nitrogen and oxygen atoms in total. The number of ether oxygens (including phenoxy) is 2. The SMILES string of the molecule is O=C(NCc1ccc2c(c1)OCO2)c1cc(C2CC2)nc2ccccc12. The van der Waals surface area contributed by atoms with Gasteiger partial charge in [0.15, 0.2) is 11.5 Å². The summed E-state index contributed by atoms with van der Waals surface area (Å²) in [7, 11) is 0. The van der Waals surface area contributed by atoms with E-state index in [4.69, 9.17) is 14.5 Å². The molecule has 2 heterocycles. The van der Waals surface area contributed by atoms with Gasteiger partial charge in [-0.2, -0.15) is 0 Å². The molecule has 1 aliphatic carbocycles. The highest BCUT2D eigenvalue weighted by atomic mass is 16.7. The Hall–Kier alpha value is -3.08. The van der Waals surface area contributed by atoms with Crippen LogP contribution in [0.5, 0.6) is 11.5 Å². The van der Waals surface area contributed by atoms with E-state index in [1.807, 2.05) is 48.5 Å². The van der Waals surface area contributed by atoms with Gasteiger partial charge < -0.3 is 14.8 Å². The van der Waals surface area contributed by atoms with Crippen LogP contribution >= 0.6 is 0 Å². The molecule has 0 saturated heterocycles. The van der Waals surface area contributed by atoms with Crippen molar-refractivity contribution < 1.29 is 14.3 Å². The van der Waals surface area contributed by atoms with Crippen molar-refractivity contribution in [1.82, 2.24) is 10.3 Å². The van der Waals surface area contributed by atoms with Crippen LogP contribution in [0.3, 0.4) is 0 Å². The van der Waals surface area contributed by atoms with Crippen LogP contribution in [0.15, 0.2) is 48.5 Å². The molecule has 0 radical (unpaired) electrons. The standard InChI is InChI=1S/C21H18N2O3/c24-21(22-11-13-5-8-19-20(9-13)26-12-25-19)16-10-18(14-6-7-14)23-17-4-2-1-3-15(16)17/h1-5,8-10,14H,6-7,11-12H2,(H,22,24). The first-order valence-electron chi connectivity index (χ1n) is 8.84. The van der Waals surface area contributed by atoms with Crippen molar-refractivity contribution in [3.05, 3.63) is 65.4 Å². The lowest BCUT2D eigenvalue weighted by molar-refractivity contribution is 0.0952. The van der Waals surface area contributed by atoms with E-state index in [9.17, 15) is 4.79 Å². The lowest BCUT2D eigenvalue weighted by Gasteiger charge is -2.10. The third kappa shape index (κ3) is 2.75. The second kappa shape index (κ2) is 6.02. The van der Waals surface area contributed by atoms with Gasteiger partial charge in [-0.05, 0) is 42.7 Å². The molecule has 1 N–H and O–H groups in total. The molecule has 26 heavy (non-hydrogen) atoms. The van der Waals surface area contributed by atoms with Gasteiger partial charge in [0.2, 0.25) is 6.79 Å². The molecule has 1 aliphatic heterocycles. The number of carbonyl (C=O) groups excluding carboxylic acids is 1. The van der Waals surface area contributed by atoms with Crippen LogP contribution in [0.1, 0.15) is 40.4 Å². The Bertz CT molecular complexity index is 1010.